The Morgan fingerprint density at radius 1 is 0.809 bits per heavy atom. The van der Waals surface area contributed by atoms with Crippen LogP contribution >= 0.6 is 23.2 Å². The van der Waals surface area contributed by atoms with Gasteiger partial charge in [0.2, 0.25) is 18.1 Å². The average molecular weight is 972 g/mol. The molecule has 0 bridgehead atoms. The van der Waals surface area contributed by atoms with Crippen molar-refractivity contribution < 1.29 is 36.9 Å². The second-order valence-corrected chi connectivity index (χ2v) is 16.6. The van der Waals surface area contributed by atoms with Gasteiger partial charge >= 0.3 is 6.18 Å². The molecule has 1 atom stereocenters. The highest BCUT2D eigenvalue weighted by atomic mass is 35.5. The number of hydrogen-bond acceptors (Lipinski definition) is 12. The first-order valence-electron chi connectivity index (χ1n) is 20.7. The van der Waals surface area contributed by atoms with E-state index >= 15 is 0 Å². The van der Waals surface area contributed by atoms with Crippen molar-refractivity contribution in [3.8, 4) is 40.3 Å². The number of benzene rings is 4. The van der Waals surface area contributed by atoms with Crippen molar-refractivity contribution in [1.29, 1.82) is 5.26 Å². The first kappa shape index (κ1) is 46.6. The van der Waals surface area contributed by atoms with Crippen LogP contribution in [0, 0.1) is 11.3 Å². The number of ether oxygens (including phenoxy) is 2. The summed E-state index contributed by atoms with van der Waals surface area (Å²) in [7, 11) is 3.27. The zero-order valence-electron chi connectivity index (χ0n) is 36.8. The maximum absolute atomic E-state index is 14.4. The third-order valence-electron chi connectivity index (χ3n) is 10.3. The zero-order chi connectivity index (χ0) is 48.4. The summed E-state index contributed by atoms with van der Waals surface area (Å²) in [6.07, 6.45) is -1.51. The summed E-state index contributed by atoms with van der Waals surface area (Å²) < 4.78 is 58.7. The molecule has 24 heteroatoms. The molecule has 4 heterocycles. The molecule has 0 spiro atoms. The van der Waals surface area contributed by atoms with Crippen LogP contribution in [0.15, 0.2) is 73.1 Å². The lowest BCUT2D eigenvalue weighted by Gasteiger charge is -2.15. The van der Waals surface area contributed by atoms with Crippen LogP contribution in [0.2, 0.25) is 10.0 Å². The highest BCUT2D eigenvalue weighted by Crippen LogP contribution is 2.39. The Balaban J connectivity index is 0.880. The van der Waals surface area contributed by atoms with Crippen LogP contribution in [0.1, 0.15) is 31.9 Å². The van der Waals surface area contributed by atoms with Crippen LogP contribution in [0.4, 0.5) is 36.4 Å². The van der Waals surface area contributed by atoms with E-state index in [9.17, 15) is 28.0 Å². The molecule has 0 aliphatic heterocycles. The normalized spacial score (nSPS) is 12.0. The molecule has 4 aromatic heterocycles. The summed E-state index contributed by atoms with van der Waals surface area (Å²) in [5.74, 6) is -0.343. The van der Waals surface area contributed by atoms with Crippen molar-refractivity contribution in [2.24, 2.45) is 14.1 Å². The SMILES string of the molecule is CC(C)NC(=O)COc1ccc(-c2nc(Nc3ccc4[nH][n+](CC(C)NC(=O)COc5ccc(-c6nc(Nc7ccc8[nH]ncc8c7Cl)n(C)n6)cc5C(F)(F)F)cc4c3Cl)n(C)n2)cc1C#N. The Kier molecular flexibility index (Phi) is 13.1. The first-order chi connectivity index (χ1) is 32.4. The lowest BCUT2D eigenvalue weighted by atomic mass is 10.1. The second-order valence-electron chi connectivity index (χ2n) is 15.9. The number of alkyl halides is 3. The van der Waals surface area contributed by atoms with Crippen molar-refractivity contribution in [2.45, 2.75) is 45.6 Å². The fourth-order valence-electron chi connectivity index (χ4n) is 7.11. The standard InChI is InChI=1S/C44H40Cl2F3N15O4/c1-22(2)52-36(65)20-67-34-12-6-24(14-26(34)16-50)40-56-43(62(4)60-40)55-33-11-9-31-28(39(33)46)19-64(59-31)18-23(3)53-37(66)21-68-35-13-7-25(15-29(35)44(47,48)49)41-57-42(63(5)61-41)54-32-10-8-30-27(38(32)45)17-51-58-30/h6-15,17,19,22-23H,18,20-21H2,1-5H3,(H5,51,52,53,54,55,56,57,58,60,61,65,66)/p+1. The maximum atomic E-state index is 14.4. The second kappa shape index (κ2) is 19.1. The van der Waals surface area contributed by atoms with Crippen molar-refractivity contribution in [3.63, 3.8) is 0 Å². The highest BCUT2D eigenvalue weighted by molar-refractivity contribution is 6.38. The van der Waals surface area contributed by atoms with Gasteiger partial charge in [-0.15, -0.1) is 14.9 Å². The summed E-state index contributed by atoms with van der Waals surface area (Å²) in [4.78, 5) is 34.0. The molecule has 19 nitrogen and oxygen atoms in total. The van der Waals surface area contributed by atoms with Crippen molar-refractivity contribution in [3.05, 3.63) is 94.2 Å². The molecule has 2 amide bonds. The highest BCUT2D eigenvalue weighted by Gasteiger charge is 2.35. The van der Waals surface area contributed by atoms with Gasteiger partial charge in [-0.25, -0.2) is 9.36 Å². The zero-order valence-corrected chi connectivity index (χ0v) is 38.3. The quantitative estimate of drug-likeness (QED) is 0.0533. The lowest BCUT2D eigenvalue weighted by molar-refractivity contribution is -0.749. The third-order valence-corrected chi connectivity index (χ3v) is 11.1. The molecule has 0 fully saturated rings. The molecule has 8 aromatic rings. The number of fused-ring (bicyclic) bond motifs is 2. The summed E-state index contributed by atoms with van der Waals surface area (Å²) in [5.41, 5.74) is 2.12. The fourth-order valence-corrected chi connectivity index (χ4v) is 7.63. The number of hydrogen-bond donors (Lipinski definition) is 6. The van der Waals surface area contributed by atoms with Crippen LogP contribution in [-0.4, -0.2) is 81.9 Å². The van der Waals surface area contributed by atoms with Crippen molar-refractivity contribution >= 4 is 80.1 Å². The molecule has 350 valence electrons. The van der Waals surface area contributed by atoms with E-state index < -0.39 is 36.0 Å². The molecule has 0 radical (unpaired) electrons. The Morgan fingerprint density at radius 3 is 2.00 bits per heavy atom. The third kappa shape index (κ3) is 10.2. The number of aryl methyl sites for hydroxylation is 2. The smallest absolute Gasteiger partial charge is 0.419 e. The number of aromatic amines is 2. The number of amides is 2. The predicted octanol–water partition coefficient (Wildman–Crippen LogP) is 7.09. The number of nitrogens with zero attached hydrogens (tertiary/aromatic N) is 9. The van der Waals surface area contributed by atoms with E-state index in [1.165, 1.54) is 15.4 Å². The minimum Gasteiger partial charge on any atom is -0.483 e. The molecule has 1 unspecified atom stereocenters. The summed E-state index contributed by atoms with van der Waals surface area (Å²) in [5, 5.41) is 42.4. The molecule has 0 saturated carbocycles. The monoisotopic (exact) mass is 970 g/mol. The molecule has 8 rings (SSSR count). The van der Waals surface area contributed by atoms with Crippen LogP contribution in [0.3, 0.4) is 0 Å². The lowest BCUT2D eigenvalue weighted by Crippen LogP contribution is -2.48. The molecule has 4 aromatic carbocycles. The van der Waals surface area contributed by atoms with Crippen molar-refractivity contribution in [1.82, 2.24) is 55.5 Å². The minimum absolute atomic E-state index is 0.00992. The predicted molar refractivity (Wildman–Crippen MR) is 246 cm³/mol. The van der Waals surface area contributed by atoms with E-state index in [1.807, 2.05) is 13.8 Å². The van der Waals surface area contributed by atoms with E-state index in [-0.39, 0.29) is 53.7 Å². The van der Waals surface area contributed by atoms with Gasteiger partial charge in [-0.3, -0.25) is 14.7 Å². The van der Waals surface area contributed by atoms with Crippen LogP contribution in [0.25, 0.3) is 44.6 Å². The number of anilines is 4. The van der Waals surface area contributed by atoms with Gasteiger partial charge in [0.25, 0.3) is 11.8 Å². The van der Waals surface area contributed by atoms with Gasteiger partial charge in [0.15, 0.2) is 31.4 Å². The number of nitriles is 1. The van der Waals surface area contributed by atoms with E-state index in [4.69, 9.17) is 32.7 Å². The minimum atomic E-state index is -4.83. The van der Waals surface area contributed by atoms with E-state index in [0.29, 0.717) is 55.0 Å². The van der Waals surface area contributed by atoms with Gasteiger partial charge in [-0.05, 0) is 81.4 Å². The molecular formula is C44H41Cl2F3N15O4+. The van der Waals surface area contributed by atoms with Crippen LogP contribution in [-0.2, 0) is 36.4 Å². The van der Waals surface area contributed by atoms with Crippen LogP contribution in [0.5, 0.6) is 11.5 Å². The summed E-state index contributed by atoms with van der Waals surface area (Å²) in [6, 6.07) is 16.8. The first-order valence-corrected chi connectivity index (χ1v) is 21.5. The molecular weight excluding hydrogens is 930 g/mol. The Hall–Kier alpha value is -7.90. The number of carbonyl (C=O) groups excluding carboxylic acids is 2. The van der Waals surface area contributed by atoms with Gasteiger partial charge in [-0.1, -0.05) is 23.2 Å². The van der Waals surface area contributed by atoms with Crippen LogP contribution < -0.4 is 35.4 Å². The molecule has 0 aliphatic carbocycles. The van der Waals surface area contributed by atoms with Gasteiger partial charge in [-0.2, -0.15) is 38.6 Å². The Morgan fingerprint density at radius 2 is 1.38 bits per heavy atom. The summed E-state index contributed by atoms with van der Waals surface area (Å²) in [6.45, 7) is 4.70. The largest absolute Gasteiger partial charge is 0.483 e. The van der Waals surface area contributed by atoms with Gasteiger partial charge < -0.3 is 30.7 Å². The van der Waals surface area contributed by atoms with Crippen molar-refractivity contribution in [2.75, 3.05) is 23.8 Å². The van der Waals surface area contributed by atoms with Gasteiger partial charge in [0.05, 0.1) is 55.7 Å². The Labute approximate surface area is 394 Å². The van der Waals surface area contributed by atoms with E-state index in [0.717, 1.165) is 17.6 Å². The summed E-state index contributed by atoms with van der Waals surface area (Å²) >= 11 is 13.4. The number of rotatable bonds is 16. The topological polar surface area (TPSA) is 234 Å². The van der Waals surface area contributed by atoms with Gasteiger partial charge in [0.1, 0.15) is 23.1 Å². The number of nitrogens with one attached hydrogen (secondary N) is 6. The maximum Gasteiger partial charge on any atom is 0.419 e. The molecule has 6 N–H and O–H groups in total. The van der Waals surface area contributed by atoms with Gasteiger partial charge in [0, 0.05) is 36.7 Å². The van der Waals surface area contributed by atoms with E-state index in [2.05, 4.69) is 62.8 Å². The Bertz CT molecular complexity index is 3250. The fraction of sp³-hybridized carbons (Fsp3) is 0.250. The number of carbonyl (C=O) groups is 2. The average Bonchev–Trinajstić information content (AvgIpc) is 4.10. The number of halogens is 5. The molecule has 0 aliphatic rings. The van der Waals surface area contributed by atoms with E-state index in [1.54, 1.807) is 80.6 Å². The molecule has 68 heavy (non-hydrogen) atoms. The number of H-pyrrole nitrogens is 2. The molecule has 0 saturated heterocycles. The number of aromatic nitrogens is 10.